The Morgan fingerprint density at radius 3 is 2.81 bits per heavy atom. The summed E-state index contributed by atoms with van der Waals surface area (Å²) in [5.41, 5.74) is 0.0132. The zero-order valence-corrected chi connectivity index (χ0v) is 12.3. The molecule has 0 aliphatic heterocycles. The maximum absolute atomic E-state index is 12.0. The Kier molecular flexibility index (Phi) is 3.23. The van der Waals surface area contributed by atoms with E-state index < -0.39 is 10.6 Å². The van der Waals surface area contributed by atoms with Gasteiger partial charge in [0.2, 0.25) is 0 Å². The normalized spacial score (nSPS) is 11.0. The van der Waals surface area contributed by atoms with Gasteiger partial charge < -0.3 is 0 Å². The lowest BCUT2D eigenvalue weighted by molar-refractivity contribution is -0.384. The topological polar surface area (TPSA) is 78.0 Å². The maximum atomic E-state index is 12.0. The summed E-state index contributed by atoms with van der Waals surface area (Å²) in [4.78, 5) is 27.2. The van der Waals surface area contributed by atoms with Crippen LogP contribution in [0.2, 0.25) is 4.34 Å². The van der Waals surface area contributed by atoms with Crippen molar-refractivity contribution in [2.45, 2.75) is 0 Å². The average molecular weight is 322 g/mol. The molecule has 0 fully saturated rings. The Bertz CT molecular complexity index is 932. The molecule has 0 radical (unpaired) electrons. The van der Waals surface area contributed by atoms with Crippen LogP contribution in [0, 0.1) is 10.1 Å². The molecular formula is C13H8ClN3O3S. The third-order valence-corrected chi connectivity index (χ3v) is 4.43. The largest absolute Gasteiger partial charge is 0.348 e. The predicted molar refractivity (Wildman–Crippen MR) is 82.0 cm³/mol. The van der Waals surface area contributed by atoms with E-state index in [1.165, 1.54) is 22.0 Å². The summed E-state index contributed by atoms with van der Waals surface area (Å²) in [7, 11) is 1.59. The lowest BCUT2D eigenvalue weighted by Gasteiger charge is -2.05. The summed E-state index contributed by atoms with van der Waals surface area (Å²) in [6.45, 7) is 0. The number of hydrogen-bond donors (Lipinski definition) is 0. The Morgan fingerprint density at radius 1 is 1.38 bits per heavy atom. The fraction of sp³-hybridized carbons (Fsp3) is 0.0769. The van der Waals surface area contributed by atoms with Crippen LogP contribution >= 0.6 is 22.9 Å². The van der Waals surface area contributed by atoms with Gasteiger partial charge in [0.25, 0.3) is 5.69 Å². The van der Waals surface area contributed by atoms with Gasteiger partial charge in [0.15, 0.2) is 0 Å². The Labute approximate surface area is 127 Å². The van der Waals surface area contributed by atoms with Crippen molar-refractivity contribution in [3.8, 4) is 11.3 Å². The molecule has 0 saturated carbocycles. The fourth-order valence-corrected chi connectivity index (χ4v) is 3.30. The lowest BCUT2D eigenvalue weighted by atomic mass is 10.1. The minimum Gasteiger partial charge on any atom is -0.286 e. The standard InChI is InChI=1S/C13H8ClN3O3S/c1-16-12-8(6-10(14)21-12)11(15-13(16)18)7-4-2-3-5-9(7)17(19)20/h2-6H,1H3. The van der Waals surface area contributed by atoms with Gasteiger partial charge in [-0.05, 0) is 12.1 Å². The first kappa shape index (κ1) is 13.7. The molecule has 0 saturated heterocycles. The van der Waals surface area contributed by atoms with Gasteiger partial charge in [-0.2, -0.15) is 4.98 Å². The van der Waals surface area contributed by atoms with Crippen LogP contribution in [0.1, 0.15) is 0 Å². The third kappa shape index (κ3) is 2.20. The second-order valence-electron chi connectivity index (χ2n) is 4.35. The molecule has 0 unspecified atom stereocenters. The molecule has 8 heteroatoms. The van der Waals surface area contributed by atoms with Gasteiger partial charge in [-0.25, -0.2) is 4.79 Å². The first-order valence-electron chi connectivity index (χ1n) is 5.89. The van der Waals surface area contributed by atoms with Crippen molar-refractivity contribution in [1.29, 1.82) is 0 Å². The summed E-state index contributed by atoms with van der Waals surface area (Å²) in [5, 5.41) is 11.8. The average Bonchev–Trinajstić information content (AvgIpc) is 2.85. The summed E-state index contributed by atoms with van der Waals surface area (Å²) in [6, 6.07) is 7.86. The van der Waals surface area contributed by atoms with Crippen molar-refractivity contribution in [2.75, 3.05) is 0 Å². The monoisotopic (exact) mass is 321 g/mol. The molecule has 2 aromatic heterocycles. The van der Waals surface area contributed by atoms with Crippen LogP contribution in [-0.4, -0.2) is 14.5 Å². The minimum absolute atomic E-state index is 0.0955. The molecule has 106 valence electrons. The van der Waals surface area contributed by atoms with Gasteiger partial charge in [-0.1, -0.05) is 23.7 Å². The van der Waals surface area contributed by atoms with Crippen molar-refractivity contribution in [2.24, 2.45) is 7.05 Å². The molecule has 3 rings (SSSR count). The molecule has 0 atom stereocenters. The molecule has 0 amide bonds. The van der Waals surface area contributed by atoms with Crippen molar-refractivity contribution in [1.82, 2.24) is 9.55 Å². The molecule has 0 aliphatic rings. The molecule has 0 N–H and O–H groups in total. The van der Waals surface area contributed by atoms with E-state index >= 15 is 0 Å². The van der Waals surface area contributed by atoms with Gasteiger partial charge >= 0.3 is 5.69 Å². The van der Waals surface area contributed by atoms with E-state index in [-0.39, 0.29) is 11.4 Å². The van der Waals surface area contributed by atoms with E-state index in [4.69, 9.17) is 11.6 Å². The Balaban J connectivity index is 2.44. The van der Waals surface area contributed by atoms with E-state index in [9.17, 15) is 14.9 Å². The molecule has 3 aromatic rings. The number of thiophene rings is 1. The smallest absolute Gasteiger partial charge is 0.286 e. The van der Waals surface area contributed by atoms with Gasteiger partial charge in [0.05, 0.1) is 20.5 Å². The highest BCUT2D eigenvalue weighted by molar-refractivity contribution is 7.22. The minimum atomic E-state index is -0.492. The number of fused-ring (bicyclic) bond motifs is 1. The van der Waals surface area contributed by atoms with E-state index in [0.717, 1.165) is 0 Å². The van der Waals surface area contributed by atoms with E-state index in [0.29, 0.717) is 20.1 Å². The number of rotatable bonds is 2. The highest BCUT2D eigenvalue weighted by atomic mass is 35.5. The number of benzene rings is 1. The number of aromatic nitrogens is 2. The van der Waals surface area contributed by atoms with Crippen LogP contribution in [0.25, 0.3) is 21.5 Å². The van der Waals surface area contributed by atoms with Crippen LogP contribution in [0.3, 0.4) is 0 Å². The Morgan fingerprint density at radius 2 is 2.10 bits per heavy atom. The third-order valence-electron chi connectivity index (χ3n) is 3.09. The van der Waals surface area contributed by atoms with Gasteiger partial charge in [0.1, 0.15) is 4.83 Å². The summed E-state index contributed by atoms with van der Waals surface area (Å²) in [5.74, 6) is 0. The summed E-state index contributed by atoms with van der Waals surface area (Å²) in [6.07, 6.45) is 0. The number of hydrogen-bond acceptors (Lipinski definition) is 5. The van der Waals surface area contributed by atoms with Crippen LogP contribution in [0.5, 0.6) is 0 Å². The number of para-hydroxylation sites is 1. The molecule has 21 heavy (non-hydrogen) atoms. The zero-order chi connectivity index (χ0) is 15.1. The van der Waals surface area contributed by atoms with Crippen molar-refractivity contribution >= 4 is 38.8 Å². The number of halogens is 1. The lowest BCUT2D eigenvalue weighted by Crippen LogP contribution is -2.20. The molecule has 2 heterocycles. The molecule has 1 aromatic carbocycles. The van der Waals surface area contributed by atoms with Crippen molar-refractivity contribution < 1.29 is 4.92 Å². The molecule has 0 spiro atoms. The van der Waals surface area contributed by atoms with Gasteiger partial charge in [-0.15, -0.1) is 11.3 Å². The van der Waals surface area contributed by atoms with Crippen molar-refractivity contribution in [3.05, 3.63) is 55.3 Å². The molecule has 6 nitrogen and oxygen atoms in total. The Hall–Kier alpha value is -2.25. The van der Waals surface area contributed by atoms with Crippen LogP contribution in [0.15, 0.2) is 35.1 Å². The van der Waals surface area contributed by atoms with Crippen molar-refractivity contribution in [3.63, 3.8) is 0 Å². The number of aryl methyl sites for hydroxylation is 1. The van der Waals surface area contributed by atoms with E-state index in [1.54, 1.807) is 31.3 Å². The zero-order valence-electron chi connectivity index (χ0n) is 10.7. The van der Waals surface area contributed by atoms with Gasteiger partial charge in [-0.3, -0.25) is 14.7 Å². The summed E-state index contributed by atoms with van der Waals surface area (Å²) < 4.78 is 1.87. The van der Waals surface area contributed by atoms with E-state index in [2.05, 4.69) is 4.98 Å². The first-order valence-corrected chi connectivity index (χ1v) is 7.08. The highest BCUT2D eigenvalue weighted by Gasteiger charge is 2.20. The first-order chi connectivity index (χ1) is 9.99. The number of nitro groups is 1. The van der Waals surface area contributed by atoms with Gasteiger partial charge in [0, 0.05) is 18.5 Å². The fourth-order valence-electron chi connectivity index (χ4n) is 2.13. The SMILES string of the molecule is Cn1c(=O)nc(-c2ccccc2[N+](=O)[O-])c2cc(Cl)sc21. The molecule has 0 bridgehead atoms. The highest BCUT2D eigenvalue weighted by Crippen LogP contribution is 2.36. The second kappa shape index (κ2) is 4.94. The number of nitro benzene ring substituents is 1. The van der Waals surface area contributed by atoms with E-state index in [1.807, 2.05) is 0 Å². The molecule has 0 aliphatic carbocycles. The van der Waals surface area contributed by atoms with Crippen LogP contribution < -0.4 is 5.69 Å². The maximum Gasteiger partial charge on any atom is 0.348 e. The second-order valence-corrected chi connectivity index (χ2v) is 6.01. The predicted octanol–water partition coefficient (Wildman–Crippen LogP) is 3.22. The van der Waals surface area contributed by atoms with Crippen LogP contribution in [-0.2, 0) is 7.05 Å². The van der Waals surface area contributed by atoms with Crippen LogP contribution in [0.4, 0.5) is 5.69 Å². The quantitative estimate of drug-likeness (QED) is 0.536. The number of nitrogens with zero attached hydrogens (tertiary/aromatic N) is 3. The summed E-state index contributed by atoms with van der Waals surface area (Å²) >= 11 is 7.25. The molecular weight excluding hydrogens is 314 g/mol.